The number of hydrogen-bond donors (Lipinski definition) is 1. The van der Waals surface area contributed by atoms with Crippen LogP contribution >= 0.6 is 0 Å². The minimum atomic E-state index is 0.316. The van der Waals surface area contributed by atoms with E-state index >= 15 is 0 Å². The van der Waals surface area contributed by atoms with E-state index in [0.29, 0.717) is 29.2 Å². The van der Waals surface area contributed by atoms with Crippen molar-refractivity contribution in [1.29, 1.82) is 0 Å². The summed E-state index contributed by atoms with van der Waals surface area (Å²) in [4.78, 5) is 14.4. The Hall–Kier alpha value is -0.570. The van der Waals surface area contributed by atoms with Gasteiger partial charge in [-0.15, -0.1) is 0 Å². The van der Waals surface area contributed by atoms with Crippen molar-refractivity contribution in [2.75, 3.05) is 20.1 Å². The molecule has 2 aliphatic rings. The summed E-state index contributed by atoms with van der Waals surface area (Å²) in [5.41, 5.74) is 0.368. The SMILES string of the molecule is CC(C)C(C)N(C)C(=O)C1CC12CCNCC2. The highest BCUT2D eigenvalue weighted by atomic mass is 16.2. The number of nitrogens with zero attached hydrogens (tertiary/aromatic N) is 1. The second-order valence-electron chi connectivity index (χ2n) is 6.30. The van der Waals surface area contributed by atoms with Crippen molar-refractivity contribution in [3.05, 3.63) is 0 Å². The second-order valence-corrected chi connectivity index (χ2v) is 6.30. The number of rotatable bonds is 3. The molecule has 17 heavy (non-hydrogen) atoms. The average Bonchev–Trinajstić information content (AvgIpc) is 3.00. The van der Waals surface area contributed by atoms with Gasteiger partial charge in [0.2, 0.25) is 5.91 Å². The average molecular weight is 238 g/mol. The van der Waals surface area contributed by atoms with Crippen LogP contribution in [0.25, 0.3) is 0 Å². The van der Waals surface area contributed by atoms with Crippen LogP contribution < -0.4 is 5.32 Å². The van der Waals surface area contributed by atoms with Gasteiger partial charge in [0.15, 0.2) is 0 Å². The molecule has 98 valence electrons. The summed E-state index contributed by atoms with van der Waals surface area (Å²) in [7, 11) is 1.97. The minimum Gasteiger partial charge on any atom is -0.343 e. The Labute approximate surface area is 105 Å². The molecule has 0 aromatic heterocycles. The maximum atomic E-state index is 12.4. The molecule has 1 aliphatic carbocycles. The standard InChI is InChI=1S/C14H26N2O/c1-10(2)11(3)16(4)13(17)12-9-14(12)5-7-15-8-6-14/h10-12,15H,5-9H2,1-4H3. The smallest absolute Gasteiger partial charge is 0.226 e. The van der Waals surface area contributed by atoms with Gasteiger partial charge in [0.05, 0.1) is 0 Å². The molecule has 0 aromatic carbocycles. The molecule has 1 heterocycles. The molecule has 1 spiro atoms. The van der Waals surface area contributed by atoms with Gasteiger partial charge in [-0.05, 0) is 50.6 Å². The summed E-state index contributed by atoms with van der Waals surface area (Å²) in [5, 5.41) is 3.39. The molecular formula is C14H26N2O. The fourth-order valence-corrected chi connectivity index (χ4v) is 3.07. The summed E-state index contributed by atoms with van der Waals surface area (Å²) in [6.45, 7) is 8.70. The third-order valence-electron chi connectivity index (χ3n) is 5.01. The zero-order chi connectivity index (χ0) is 12.6. The number of amides is 1. The summed E-state index contributed by atoms with van der Waals surface area (Å²) in [6, 6.07) is 0.349. The van der Waals surface area contributed by atoms with E-state index in [-0.39, 0.29) is 0 Å². The molecular weight excluding hydrogens is 212 g/mol. The van der Waals surface area contributed by atoms with Crippen LogP contribution in [0.5, 0.6) is 0 Å². The molecule has 3 heteroatoms. The van der Waals surface area contributed by atoms with Gasteiger partial charge in [-0.3, -0.25) is 4.79 Å². The lowest BCUT2D eigenvalue weighted by Gasteiger charge is -2.30. The number of carbonyl (C=O) groups excluding carboxylic acids is 1. The van der Waals surface area contributed by atoms with E-state index in [9.17, 15) is 4.79 Å². The van der Waals surface area contributed by atoms with E-state index in [4.69, 9.17) is 0 Å². The second kappa shape index (κ2) is 4.60. The highest BCUT2D eigenvalue weighted by Gasteiger charge is 2.58. The lowest BCUT2D eigenvalue weighted by atomic mass is 9.91. The van der Waals surface area contributed by atoms with E-state index in [2.05, 4.69) is 26.1 Å². The van der Waals surface area contributed by atoms with Gasteiger partial charge >= 0.3 is 0 Å². The largest absolute Gasteiger partial charge is 0.343 e. The van der Waals surface area contributed by atoms with E-state index in [1.165, 1.54) is 12.8 Å². The van der Waals surface area contributed by atoms with Crippen LogP contribution in [0.15, 0.2) is 0 Å². The molecule has 2 fully saturated rings. The molecule has 1 saturated carbocycles. The summed E-state index contributed by atoms with van der Waals surface area (Å²) in [5.74, 6) is 1.23. The molecule has 0 radical (unpaired) electrons. The first-order chi connectivity index (χ1) is 7.98. The third-order valence-corrected chi connectivity index (χ3v) is 5.01. The van der Waals surface area contributed by atoms with Crippen LogP contribution in [0, 0.1) is 17.3 Å². The molecule has 0 aromatic rings. The van der Waals surface area contributed by atoms with Crippen LogP contribution in [0.4, 0.5) is 0 Å². The van der Waals surface area contributed by atoms with Crippen molar-refractivity contribution in [1.82, 2.24) is 10.2 Å². The van der Waals surface area contributed by atoms with Crippen LogP contribution in [-0.2, 0) is 4.79 Å². The van der Waals surface area contributed by atoms with Crippen molar-refractivity contribution in [3.8, 4) is 0 Å². The fraction of sp³-hybridized carbons (Fsp3) is 0.929. The van der Waals surface area contributed by atoms with Crippen LogP contribution in [0.3, 0.4) is 0 Å². The molecule has 2 rings (SSSR count). The number of carbonyl (C=O) groups is 1. The summed E-state index contributed by atoms with van der Waals surface area (Å²) in [6.07, 6.45) is 3.50. The van der Waals surface area contributed by atoms with Crippen molar-refractivity contribution < 1.29 is 4.79 Å². The predicted molar refractivity (Wildman–Crippen MR) is 69.7 cm³/mol. The first-order valence-electron chi connectivity index (χ1n) is 6.95. The van der Waals surface area contributed by atoms with Gasteiger partial charge in [0, 0.05) is 19.0 Å². The molecule has 1 aliphatic heterocycles. The number of hydrogen-bond acceptors (Lipinski definition) is 2. The molecule has 1 N–H and O–H groups in total. The van der Waals surface area contributed by atoms with Gasteiger partial charge in [-0.2, -0.15) is 0 Å². The Kier molecular flexibility index (Phi) is 3.48. The van der Waals surface area contributed by atoms with Gasteiger partial charge in [0.25, 0.3) is 0 Å². The monoisotopic (exact) mass is 238 g/mol. The highest BCUT2D eigenvalue weighted by molar-refractivity contribution is 5.82. The predicted octanol–water partition coefficient (Wildman–Crippen LogP) is 1.88. The number of nitrogens with one attached hydrogen (secondary N) is 1. The quantitative estimate of drug-likeness (QED) is 0.814. The van der Waals surface area contributed by atoms with E-state index in [1.807, 2.05) is 11.9 Å². The Morgan fingerprint density at radius 2 is 1.88 bits per heavy atom. The molecule has 3 nitrogen and oxygen atoms in total. The maximum absolute atomic E-state index is 12.4. The maximum Gasteiger partial charge on any atom is 0.226 e. The van der Waals surface area contributed by atoms with Gasteiger partial charge < -0.3 is 10.2 Å². The van der Waals surface area contributed by atoms with Crippen molar-refractivity contribution in [2.24, 2.45) is 17.3 Å². The van der Waals surface area contributed by atoms with Crippen molar-refractivity contribution >= 4 is 5.91 Å². The van der Waals surface area contributed by atoms with Crippen LogP contribution in [0.2, 0.25) is 0 Å². The topological polar surface area (TPSA) is 32.3 Å². The van der Waals surface area contributed by atoms with Crippen LogP contribution in [0.1, 0.15) is 40.0 Å². The zero-order valence-electron chi connectivity index (χ0n) is 11.6. The van der Waals surface area contributed by atoms with Gasteiger partial charge in [-0.1, -0.05) is 13.8 Å². The van der Waals surface area contributed by atoms with Gasteiger partial charge in [-0.25, -0.2) is 0 Å². The van der Waals surface area contributed by atoms with E-state index in [0.717, 1.165) is 19.5 Å². The van der Waals surface area contributed by atoms with Gasteiger partial charge in [0.1, 0.15) is 0 Å². The zero-order valence-corrected chi connectivity index (χ0v) is 11.6. The minimum absolute atomic E-state index is 0.316. The van der Waals surface area contributed by atoms with E-state index < -0.39 is 0 Å². The fourth-order valence-electron chi connectivity index (χ4n) is 3.07. The third kappa shape index (κ3) is 2.35. The van der Waals surface area contributed by atoms with Crippen molar-refractivity contribution in [3.63, 3.8) is 0 Å². The number of piperidine rings is 1. The lowest BCUT2D eigenvalue weighted by molar-refractivity contribution is -0.134. The van der Waals surface area contributed by atoms with Crippen LogP contribution in [-0.4, -0.2) is 37.0 Å². The first kappa shape index (κ1) is 12.9. The normalized spacial score (nSPS) is 28.2. The van der Waals surface area contributed by atoms with E-state index in [1.54, 1.807) is 0 Å². The Morgan fingerprint density at radius 3 is 2.41 bits per heavy atom. The first-order valence-corrected chi connectivity index (χ1v) is 6.95. The molecule has 2 unspecified atom stereocenters. The summed E-state index contributed by atoms with van der Waals surface area (Å²) < 4.78 is 0. The molecule has 0 bridgehead atoms. The van der Waals surface area contributed by atoms with Crippen molar-refractivity contribution in [2.45, 2.75) is 46.1 Å². The Bertz CT molecular complexity index is 295. The lowest BCUT2D eigenvalue weighted by Crippen LogP contribution is -2.41. The molecule has 1 saturated heterocycles. The molecule has 1 amide bonds. The Morgan fingerprint density at radius 1 is 1.29 bits per heavy atom. The molecule has 2 atom stereocenters. The Balaban J connectivity index is 1.94. The highest BCUT2D eigenvalue weighted by Crippen LogP contribution is 2.59. The summed E-state index contributed by atoms with van der Waals surface area (Å²) >= 11 is 0.